The Morgan fingerprint density at radius 3 is 2.96 bits per heavy atom. The summed E-state index contributed by atoms with van der Waals surface area (Å²) in [6.07, 6.45) is 1.09. The topological polar surface area (TPSA) is 33.5 Å². The fourth-order valence-corrected chi connectivity index (χ4v) is 4.61. The molecule has 0 N–H and O–H groups in total. The van der Waals surface area contributed by atoms with Crippen molar-refractivity contribution in [1.82, 2.24) is 4.90 Å². The molecule has 124 valence electrons. The second-order valence-electron chi connectivity index (χ2n) is 6.67. The van der Waals surface area contributed by atoms with Gasteiger partial charge in [0, 0.05) is 35.5 Å². The van der Waals surface area contributed by atoms with E-state index in [2.05, 4.69) is 35.4 Å². The van der Waals surface area contributed by atoms with Crippen LogP contribution in [0.25, 0.3) is 11.0 Å². The molecule has 4 rings (SSSR count). The Morgan fingerprint density at radius 1 is 1.29 bits per heavy atom. The average Bonchev–Trinajstić information content (AvgIpc) is 3.03. The highest BCUT2D eigenvalue weighted by Crippen LogP contribution is 2.34. The van der Waals surface area contributed by atoms with Crippen molar-refractivity contribution in [2.24, 2.45) is 0 Å². The average molecular weight is 339 g/mol. The number of hydrogen-bond acceptors (Lipinski definition) is 4. The van der Waals surface area contributed by atoms with Crippen LogP contribution in [0.2, 0.25) is 0 Å². The summed E-state index contributed by atoms with van der Waals surface area (Å²) in [4.78, 5) is 16.0. The quantitative estimate of drug-likeness (QED) is 0.640. The highest BCUT2D eigenvalue weighted by atomic mass is 32.1. The van der Waals surface area contributed by atoms with Crippen LogP contribution in [0.15, 0.2) is 38.9 Å². The van der Waals surface area contributed by atoms with Crippen LogP contribution in [0.3, 0.4) is 0 Å². The molecule has 3 nitrogen and oxygen atoms in total. The van der Waals surface area contributed by atoms with Gasteiger partial charge in [-0.05, 0) is 60.9 Å². The second kappa shape index (κ2) is 5.87. The number of thiophene rings is 1. The summed E-state index contributed by atoms with van der Waals surface area (Å²) in [6, 6.07) is 8.47. The molecule has 0 radical (unpaired) electrons. The van der Waals surface area contributed by atoms with Crippen molar-refractivity contribution >= 4 is 22.3 Å². The maximum absolute atomic E-state index is 12.1. The van der Waals surface area contributed by atoms with Gasteiger partial charge < -0.3 is 4.42 Å². The van der Waals surface area contributed by atoms with Gasteiger partial charge >= 0.3 is 5.63 Å². The predicted octanol–water partition coefficient (Wildman–Crippen LogP) is 4.59. The van der Waals surface area contributed by atoms with Crippen molar-refractivity contribution in [1.29, 1.82) is 0 Å². The normalized spacial score (nSPS) is 18.0. The van der Waals surface area contributed by atoms with Gasteiger partial charge in [0.1, 0.15) is 5.58 Å². The van der Waals surface area contributed by atoms with Gasteiger partial charge in [0.15, 0.2) is 0 Å². The van der Waals surface area contributed by atoms with Crippen molar-refractivity contribution in [3.63, 3.8) is 0 Å². The summed E-state index contributed by atoms with van der Waals surface area (Å²) < 4.78 is 5.50. The number of rotatable bonds is 2. The van der Waals surface area contributed by atoms with Gasteiger partial charge in [0.05, 0.1) is 0 Å². The fraction of sp³-hybridized carbons (Fsp3) is 0.350. The van der Waals surface area contributed by atoms with Crippen LogP contribution in [-0.2, 0) is 13.0 Å². The Hall–Kier alpha value is -1.91. The number of fused-ring (bicyclic) bond motifs is 2. The first-order chi connectivity index (χ1) is 11.5. The SMILES string of the molecule is Cc1ccc2c(CN3CCc4sccc4[C@@H]3C)cc(=O)oc2c1C. The first-order valence-electron chi connectivity index (χ1n) is 8.38. The van der Waals surface area contributed by atoms with E-state index in [-0.39, 0.29) is 5.63 Å². The van der Waals surface area contributed by atoms with Gasteiger partial charge in [0.2, 0.25) is 0 Å². The zero-order valence-corrected chi connectivity index (χ0v) is 15.1. The van der Waals surface area contributed by atoms with Crippen LogP contribution in [-0.4, -0.2) is 11.4 Å². The minimum atomic E-state index is -0.257. The van der Waals surface area contributed by atoms with Crippen LogP contribution >= 0.6 is 11.3 Å². The van der Waals surface area contributed by atoms with Gasteiger partial charge in [-0.25, -0.2) is 4.79 Å². The van der Waals surface area contributed by atoms with Crippen molar-refractivity contribution in [3.8, 4) is 0 Å². The molecule has 1 aliphatic rings. The lowest BCUT2D eigenvalue weighted by atomic mass is 9.99. The molecule has 3 heterocycles. The zero-order chi connectivity index (χ0) is 16.8. The molecule has 0 unspecified atom stereocenters. The largest absolute Gasteiger partial charge is 0.422 e. The van der Waals surface area contributed by atoms with Gasteiger partial charge in [-0.2, -0.15) is 0 Å². The van der Waals surface area contributed by atoms with E-state index in [1.807, 2.05) is 25.2 Å². The van der Waals surface area contributed by atoms with E-state index in [0.29, 0.717) is 6.04 Å². The Balaban J connectivity index is 1.75. The minimum Gasteiger partial charge on any atom is -0.422 e. The molecule has 0 saturated carbocycles. The van der Waals surface area contributed by atoms with E-state index in [1.165, 1.54) is 10.4 Å². The van der Waals surface area contributed by atoms with Gasteiger partial charge in [-0.3, -0.25) is 4.90 Å². The van der Waals surface area contributed by atoms with Gasteiger partial charge in [0.25, 0.3) is 0 Å². The van der Waals surface area contributed by atoms with E-state index in [4.69, 9.17) is 4.42 Å². The summed E-state index contributed by atoms with van der Waals surface area (Å²) >= 11 is 1.85. The maximum Gasteiger partial charge on any atom is 0.336 e. The molecule has 1 aromatic carbocycles. The van der Waals surface area contributed by atoms with Crippen LogP contribution < -0.4 is 5.63 Å². The summed E-state index contributed by atoms with van der Waals surface area (Å²) in [6.45, 7) is 8.13. The van der Waals surface area contributed by atoms with E-state index < -0.39 is 0 Å². The molecule has 2 aromatic heterocycles. The number of aryl methyl sites for hydroxylation is 2. The Labute approximate surface area is 145 Å². The van der Waals surface area contributed by atoms with Crippen molar-refractivity contribution in [3.05, 3.63) is 67.2 Å². The van der Waals surface area contributed by atoms with E-state index >= 15 is 0 Å². The fourth-order valence-electron chi connectivity index (χ4n) is 3.65. The van der Waals surface area contributed by atoms with Crippen molar-refractivity contribution < 1.29 is 4.42 Å². The lowest BCUT2D eigenvalue weighted by Gasteiger charge is -2.33. The molecule has 0 saturated heterocycles. The molecule has 0 fully saturated rings. The molecule has 4 heteroatoms. The van der Waals surface area contributed by atoms with Crippen LogP contribution in [0.4, 0.5) is 0 Å². The zero-order valence-electron chi connectivity index (χ0n) is 14.3. The summed E-state index contributed by atoms with van der Waals surface area (Å²) in [5, 5.41) is 3.24. The maximum atomic E-state index is 12.1. The molecule has 1 atom stereocenters. The smallest absolute Gasteiger partial charge is 0.336 e. The van der Waals surface area contributed by atoms with Crippen molar-refractivity contribution in [2.75, 3.05) is 6.54 Å². The number of nitrogens with zero attached hydrogens (tertiary/aromatic N) is 1. The van der Waals surface area contributed by atoms with E-state index in [9.17, 15) is 4.79 Å². The molecular weight excluding hydrogens is 318 g/mol. The third-order valence-corrected chi connectivity index (χ3v) is 6.29. The molecule has 24 heavy (non-hydrogen) atoms. The molecular formula is C20H21NO2S. The minimum absolute atomic E-state index is 0.257. The highest BCUT2D eigenvalue weighted by molar-refractivity contribution is 7.10. The standard InChI is InChI=1S/C20H21NO2S/c1-12-4-5-17-15(10-19(22)23-20(17)13(12)2)11-21-8-6-18-16(14(21)3)7-9-24-18/h4-5,7,9-10,14H,6,8,11H2,1-3H3/t14-/m0/s1. The lowest BCUT2D eigenvalue weighted by Crippen LogP contribution is -2.33. The lowest BCUT2D eigenvalue weighted by molar-refractivity contribution is 0.192. The van der Waals surface area contributed by atoms with Gasteiger partial charge in [-0.1, -0.05) is 12.1 Å². The molecule has 0 spiro atoms. The molecule has 1 aliphatic heterocycles. The van der Waals surface area contributed by atoms with E-state index in [1.54, 1.807) is 6.07 Å². The molecule has 0 aliphatic carbocycles. The first kappa shape index (κ1) is 15.6. The van der Waals surface area contributed by atoms with E-state index in [0.717, 1.165) is 47.2 Å². The Kier molecular flexibility index (Phi) is 3.82. The monoisotopic (exact) mass is 339 g/mol. The van der Waals surface area contributed by atoms with Crippen molar-refractivity contribution in [2.45, 2.75) is 39.8 Å². The predicted molar refractivity (Wildman–Crippen MR) is 98.8 cm³/mol. The summed E-state index contributed by atoms with van der Waals surface area (Å²) in [5.41, 5.74) is 5.18. The second-order valence-corrected chi connectivity index (χ2v) is 7.67. The summed E-state index contributed by atoms with van der Waals surface area (Å²) in [7, 11) is 0. The number of benzene rings is 1. The first-order valence-corrected chi connectivity index (χ1v) is 9.26. The Morgan fingerprint density at radius 2 is 2.12 bits per heavy atom. The molecule has 0 amide bonds. The van der Waals surface area contributed by atoms with Crippen LogP contribution in [0.1, 0.15) is 40.1 Å². The highest BCUT2D eigenvalue weighted by Gasteiger charge is 2.25. The Bertz CT molecular complexity index is 969. The van der Waals surface area contributed by atoms with Crippen LogP contribution in [0.5, 0.6) is 0 Å². The third kappa shape index (κ3) is 2.50. The van der Waals surface area contributed by atoms with Crippen LogP contribution in [0, 0.1) is 13.8 Å². The molecule has 0 bridgehead atoms. The van der Waals surface area contributed by atoms with Gasteiger partial charge in [-0.15, -0.1) is 11.3 Å². The third-order valence-electron chi connectivity index (χ3n) is 5.29. The summed E-state index contributed by atoms with van der Waals surface area (Å²) in [5.74, 6) is 0. The molecule has 3 aromatic rings. The number of hydrogen-bond donors (Lipinski definition) is 0.